The fraction of sp³-hybridized carbons (Fsp3) is 0.474. The van der Waals surface area contributed by atoms with Crippen LogP contribution in [-0.4, -0.2) is 53.2 Å². The van der Waals surface area contributed by atoms with E-state index in [0.717, 1.165) is 43.5 Å². The molecular weight excluding hydrogens is 330 g/mol. The van der Waals surface area contributed by atoms with Crippen LogP contribution in [0.5, 0.6) is 0 Å². The highest BCUT2D eigenvalue weighted by Crippen LogP contribution is 2.22. The highest BCUT2D eigenvalue weighted by molar-refractivity contribution is 5.94. The average molecular weight is 355 g/mol. The molecule has 0 bridgehead atoms. The lowest BCUT2D eigenvalue weighted by molar-refractivity contribution is 0.0378. The van der Waals surface area contributed by atoms with E-state index < -0.39 is 0 Å². The Morgan fingerprint density at radius 2 is 1.81 bits per heavy atom. The van der Waals surface area contributed by atoms with Gasteiger partial charge in [-0.25, -0.2) is 19.7 Å². The van der Waals surface area contributed by atoms with Gasteiger partial charge in [-0.05, 0) is 39.8 Å². The predicted molar refractivity (Wildman–Crippen MR) is 101 cm³/mol. The number of pyridine rings is 1. The zero-order valence-electron chi connectivity index (χ0n) is 15.8. The lowest BCUT2D eigenvalue weighted by Gasteiger charge is -2.36. The van der Waals surface area contributed by atoms with Crippen LogP contribution in [0.1, 0.15) is 35.7 Å². The minimum Gasteiger partial charge on any atom is -0.459 e. The van der Waals surface area contributed by atoms with Gasteiger partial charge in [0.1, 0.15) is 23.0 Å². The molecule has 0 atom stereocenters. The van der Waals surface area contributed by atoms with E-state index in [2.05, 4.69) is 24.8 Å². The monoisotopic (exact) mass is 355 g/mol. The molecule has 2 aromatic rings. The Balaban J connectivity index is 1.73. The summed E-state index contributed by atoms with van der Waals surface area (Å²) in [4.78, 5) is 30.1. The maximum Gasteiger partial charge on any atom is 0.342 e. The van der Waals surface area contributed by atoms with Gasteiger partial charge in [-0.2, -0.15) is 0 Å². The fourth-order valence-electron chi connectivity index (χ4n) is 3.09. The van der Waals surface area contributed by atoms with E-state index in [4.69, 9.17) is 4.74 Å². The molecule has 3 rings (SSSR count). The van der Waals surface area contributed by atoms with Crippen molar-refractivity contribution in [1.29, 1.82) is 0 Å². The molecule has 1 aliphatic heterocycles. The number of rotatable bonds is 4. The molecule has 7 heteroatoms. The molecule has 0 amide bonds. The van der Waals surface area contributed by atoms with Crippen LogP contribution < -0.4 is 9.80 Å². The second kappa shape index (κ2) is 7.68. The van der Waals surface area contributed by atoms with Crippen molar-refractivity contribution in [2.24, 2.45) is 0 Å². The number of anilines is 2. The van der Waals surface area contributed by atoms with Crippen molar-refractivity contribution in [3.05, 3.63) is 41.5 Å². The first-order valence-electron chi connectivity index (χ1n) is 8.92. The number of hydrogen-bond donors (Lipinski definition) is 0. The summed E-state index contributed by atoms with van der Waals surface area (Å²) >= 11 is 0. The van der Waals surface area contributed by atoms with Crippen LogP contribution in [0.25, 0.3) is 0 Å². The molecular formula is C19H25N5O2. The van der Waals surface area contributed by atoms with Gasteiger partial charge < -0.3 is 14.5 Å². The van der Waals surface area contributed by atoms with Crippen molar-refractivity contribution in [2.45, 2.75) is 33.8 Å². The summed E-state index contributed by atoms with van der Waals surface area (Å²) in [5, 5.41) is 0. The molecule has 1 saturated heterocycles. The van der Waals surface area contributed by atoms with E-state index in [1.54, 1.807) is 18.3 Å². The molecule has 1 aliphatic rings. The summed E-state index contributed by atoms with van der Waals surface area (Å²) in [5.74, 6) is 2.10. The van der Waals surface area contributed by atoms with Crippen LogP contribution in [0.4, 0.5) is 11.6 Å². The standard InChI is InChI=1S/C19H25N5O2/c1-13(2)26-19(25)16-6-5-7-20-18(16)24-10-8-23(9-11-24)17-12-14(3)21-15(4)22-17/h5-7,12-13H,8-11H2,1-4H3. The van der Waals surface area contributed by atoms with Crippen LogP contribution in [0.15, 0.2) is 24.4 Å². The Kier molecular flexibility index (Phi) is 5.35. The van der Waals surface area contributed by atoms with Crippen molar-refractivity contribution >= 4 is 17.6 Å². The van der Waals surface area contributed by atoms with Gasteiger partial charge in [0.2, 0.25) is 0 Å². The maximum atomic E-state index is 12.4. The molecule has 0 aliphatic carbocycles. The second-order valence-electron chi connectivity index (χ2n) is 6.72. The van der Waals surface area contributed by atoms with Gasteiger partial charge in [-0.3, -0.25) is 0 Å². The highest BCUT2D eigenvalue weighted by atomic mass is 16.5. The van der Waals surface area contributed by atoms with Crippen LogP contribution >= 0.6 is 0 Å². The molecule has 7 nitrogen and oxygen atoms in total. The van der Waals surface area contributed by atoms with Gasteiger partial charge in [0.15, 0.2) is 0 Å². The third-order valence-corrected chi connectivity index (χ3v) is 4.21. The van der Waals surface area contributed by atoms with Gasteiger partial charge in [0.05, 0.1) is 6.10 Å². The number of aromatic nitrogens is 3. The molecule has 3 heterocycles. The lowest BCUT2D eigenvalue weighted by Crippen LogP contribution is -2.47. The van der Waals surface area contributed by atoms with Crippen molar-refractivity contribution in [1.82, 2.24) is 15.0 Å². The number of piperazine rings is 1. The molecule has 1 fully saturated rings. The van der Waals surface area contributed by atoms with Crippen molar-refractivity contribution in [3.8, 4) is 0 Å². The van der Waals surface area contributed by atoms with Crippen molar-refractivity contribution in [2.75, 3.05) is 36.0 Å². The molecule has 0 aromatic carbocycles. The SMILES string of the molecule is Cc1cc(N2CCN(c3ncccc3C(=O)OC(C)C)CC2)nc(C)n1. The Morgan fingerprint density at radius 3 is 2.46 bits per heavy atom. The van der Waals surface area contributed by atoms with E-state index >= 15 is 0 Å². The quantitative estimate of drug-likeness (QED) is 0.780. The summed E-state index contributed by atoms with van der Waals surface area (Å²) in [6, 6.07) is 5.55. The number of esters is 1. The average Bonchev–Trinajstić information content (AvgIpc) is 2.60. The first-order chi connectivity index (χ1) is 12.4. The summed E-state index contributed by atoms with van der Waals surface area (Å²) in [6.45, 7) is 10.7. The number of hydrogen-bond acceptors (Lipinski definition) is 7. The van der Waals surface area contributed by atoms with Crippen molar-refractivity contribution < 1.29 is 9.53 Å². The summed E-state index contributed by atoms with van der Waals surface area (Å²) in [5.41, 5.74) is 1.49. The van der Waals surface area contributed by atoms with Crippen LogP contribution in [0, 0.1) is 13.8 Å². The van der Waals surface area contributed by atoms with Crippen LogP contribution in [-0.2, 0) is 4.74 Å². The van der Waals surface area contributed by atoms with Crippen molar-refractivity contribution in [3.63, 3.8) is 0 Å². The molecule has 0 spiro atoms. The van der Waals surface area contributed by atoms with Gasteiger partial charge in [-0.15, -0.1) is 0 Å². The predicted octanol–water partition coefficient (Wildman–Crippen LogP) is 2.38. The first kappa shape index (κ1) is 18.1. The third kappa shape index (κ3) is 4.09. The smallest absolute Gasteiger partial charge is 0.342 e. The summed E-state index contributed by atoms with van der Waals surface area (Å²) in [6.07, 6.45) is 1.56. The Morgan fingerprint density at radius 1 is 1.12 bits per heavy atom. The lowest BCUT2D eigenvalue weighted by atomic mass is 10.2. The Bertz CT molecular complexity index is 765. The summed E-state index contributed by atoms with van der Waals surface area (Å²) in [7, 11) is 0. The highest BCUT2D eigenvalue weighted by Gasteiger charge is 2.24. The molecule has 0 unspecified atom stereocenters. The number of ether oxygens (including phenoxy) is 1. The normalized spacial score (nSPS) is 14.7. The van der Waals surface area contributed by atoms with Crippen LogP contribution in [0.3, 0.4) is 0 Å². The molecule has 2 aromatic heterocycles. The van der Waals surface area contributed by atoms with Gasteiger partial charge in [0, 0.05) is 44.1 Å². The second-order valence-corrected chi connectivity index (χ2v) is 6.72. The van der Waals surface area contributed by atoms with Gasteiger partial charge >= 0.3 is 5.97 Å². The number of carbonyl (C=O) groups is 1. The number of carbonyl (C=O) groups excluding carboxylic acids is 1. The zero-order chi connectivity index (χ0) is 18.7. The molecule has 0 N–H and O–H groups in total. The van der Waals surface area contributed by atoms with E-state index in [1.807, 2.05) is 33.8 Å². The van der Waals surface area contributed by atoms with E-state index in [1.165, 1.54) is 0 Å². The fourth-order valence-corrected chi connectivity index (χ4v) is 3.09. The maximum absolute atomic E-state index is 12.4. The first-order valence-corrected chi connectivity index (χ1v) is 8.92. The molecule has 0 radical (unpaired) electrons. The third-order valence-electron chi connectivity index (χ3n) is 4.21. The van der Waals surface area contributed by atoms with Crippen LogP contribution in [0.2, 0.25) is 0 Å². The topological polar surface area (TPSA) is 71.5 Å². The number of nitrogens with zero attached hydrogens (tertiary/aromatic N) is 5. The Hall–Kier alpha value is -2.70. The molecule has 26 heavy (non-hydrogen) atoms. The summed E-state index contributed by atoms with van der Waals surface area (Å²) < 4.78 is 5.35. The van der Waals surface area contributed by atoms with E-state index in [0.29, 0.717) is 11.4 Å². The van der Waals surface area contributed by atoms with E-state index in [9.17, 15) is 4.79 Å². The largest absolute Gasteiger partial charge is 0.459 e. The zero-order valence-corrected chi connectivity index (χ0v) is 15.8. The van der Waals surface area contributed by atoms with Gasteiger partial charge in [-0.1, -0.05) is 0 Å². The van der Waals surface area contributed by atoms with E-state index in [-0.39, 0.29) is 12.1 Å². The molecule has 138 valence electrons. The minimum atomic E-state index is -0.326. The minimum absolute atomic E-state index is 0.156. The van der Waals surface area contributed by atoms with Gasteiger partial charge in [0.25, 0.3) is 0 Å². The number of aryl methyl sites for hydroxylation is 2. The molecule has 0 saturated carbocycles. The Labute approximate surface area is 154 Å².